The van der Waals surface area contributed by atoms with E-state index < -0.39 is 16.8 Å². The summed E-state index contributed by atoms with van der Waals surface area (Å²) in [6.45, 7) is 0. The molecule has 2 N–H and O–H groups in total. The highest BCUT2D eigenvalue weighted by molar-refractivity contribution is 5.71. The second kappa shape index (κ2) is 5.57. The molecule has 20 heavy (non-hydrogen) atoms. The van der Waals surface area contributed by atoms with E-state index in [0.29, 0.717) is 24.9 Å². The summed E-state index contributed by atoms with van der Waals surface area (Å²) in [5.41, 5.74) is 0.380. The summed E-state index contributed by atoms with van der Waals surface area (Å²) < 4.78 is 0. The zero-order valence-corrected chi connectivity index (χ0v) is 10.6. The number of anilines is 1. The first-order chi connectivity index (χ1) is 9.51. The Labute approximate surface area is 115 Å². The van der Waals surface area contributed by atoms with Crippen molar-refractivity contribution in [1.29, 1.82) is 5.26 Å². The molecule has 2 atom stereocenters. The van der Waals surface area contributed by atoms with Crippen molar-refractivity contribution in [3.8, 4) is 6.07 Å². The van der Waals surface area contributed by atoms with Gasteiger partial charge in [0.1, 0.15) is 5.69 Å². The van der Waals surface area contributed by atoms with Gasteiger partial charge in [-0.1, -0.05) is 0 Å². The summed E-state index contributed by atoms with van der Waals surface area (Å²) in [7, 11) is 0. The molecule has 1 fully saturated rings. The van der Waals surface area contributed by atoms with Gasteiger partial charge in [-0.05, 0) is 31.4 Å². The minimum Gasteiger partial charge on any atom is -0.481 e. The van der Waals surface area contributed by atoms with E-state index in [-0.39, 0.29) is 17.3 Å². The molecular weight excluding hydrogens is 262 g/mol. The number of hydrogen-bond donors (Lipinski definition) is 2. The summed E-state index contributed by atoms with van der Waals surface area (Å²) in [6, 6.07) is 5.96. The lowest BCUT2D eigenvalue weighted by molar-refractivity contribution is -0.384. The zero-order valence-electron chi connectivity index (χ0n) is 10.6. The van der Waals surface area contributed by atoms with Gasteiger partial charge in [-0.25, -0.2) is 0 Å². The molecule has 0 radical (unpaired) electrons. The lowest BCUT2D eigenvalue weighted by atomic mass is 10.1. The molecular formula is C13H13N3O4. The molecule has 1 aromatic carbocycles. The van der Waals surface area contributed by atoms with E-state index in [1.807, 2.05) is 6.07 Å². The van der Waals surface area contributed by atoms with Gasteiger partial charge in [-0.15, -0.1) is 0 Å². The lowest BCUT2D eigenvalue weighted by Gasteiger charge is -2.14. The van der Waals surface area contributed by atoms with Crippen LogP contribution in [-0.4, -0.2) is 22.0 Å². The van der Waals surface area contributed by atoms with Crippen LogP contribution in [0.2, 0.25) is 0 Å². The Balaban J connectivity index is 2.16. The van der Waals surface area contributed by atoms with Gasteiger partial charge in [0.2, 0.25) is 0 Å². The van der Waals surface area contributed by atoms with E-state index >= 15 is 0 Å². The van der Waals surface area contributed by atoms with E-state index in [1.54, 1.807) is 0 Å². The number of nitro benzene ring substituents is 1. The van der Waals surface area contributed by atoms with Gasteiger partial charge >= 0.3 is 5.97 Å². The monoisotopic (exact) mass is 275 g/mol. The molecule has 0 aromatic heterocycles. The van der Waals surface area contributed by atoms with Crippen LogP contribution in [0.25, 0.3) is 0 Å². The highest BCUT2D eigenvalue weighted by Gasteiger charge is 2.30. The average Bonchev–Trinajstić information content (AvgIpc) is 2.87. The van der Waals surface area contributed by atoms with Crippen LogP contribution in [0.3, 0.4) is 0 Å². The SMILES string of the molecule is N#Cc1ccc(N[C@H]2CC[C@@H](C(=O)O)C2)c([N+](=O)[O-])c1. The summed E-state index contributed by atoms with van der Waals surface area (Å²) in [5, 5.41) is 31.7. The maximum Gasteiger partial charge on any atom is 0.306 e. The first-order valence-electron chi connectivity index (χ1n) is 6.19. The third kappa shape index (κ3) is 2.85. The third-order valence-electron chi connectivity index (χ3n) is 3.47. The first-order valence-corrected chi connectivity index (χ1v) is 6.19. The number of benzene rings is 1. The quantitative estimate of drug-likeness (QED) is 0.642. The highest BCUT2D eigenvalue weighted by atomic mass is 16.6. The van der Waals surface area contributed by atoms with E-state index in [2.05, 4.69) is 5.32 Å². The van der Waals surface area contributed by atoms with Crippen LogP contribution in [0.15, 0.2) is 18.2 Å². The molecule has 1 aliphatic rings. The Bertz CT molecular complexity index is 594. The van der Waals surface area contributed by atoms with Crippen LogP contribution in [0.1, 0.15) is 24.8 Å². The predicted molar refractivity (Wildman–Crippen MR) is 70.2 cm³/mol. The molecule has 0 amide bonds. The fraction of sp³-hybridized carbons (Fsp3) is 0.385. The second-order valence-corrected chi connectivity index (χ2v) is 4.79. The summed E-state index contributed by atoms with van der Waals surface area (Å²) in [5.74, 6) is -1.23. The normalized spacial score (nSPS) is 21.1. The van der Waals surface area contributed by atoms with Crippen LogP contribution in [-0.2, 0) is 4.79 Å². The number of nitrogens with one attached hydrogen (secondary N) is 1. The van der Waals surface area contributed by atoms with Crippen molar-refractivity contribution in [2.75, 3.05) is 5.32 Å². The van der Waals surface area contributed by atoms with Gasteiger partial charge in [0.05, 0.1) is 22.5 Å². The number of hydrogen-bond acceptors (Lipinski definition) is 5. The molecule has 0 heterocycles. The van der Waals surface area contributed by atoms with Crippen molar-refractivity contribution in [3.63, 3.8) is 0 Å². The Kier molecular flexibility index (Phi) is 3.84. The fourth-order valence-electron chi connectivity index (χ4n) is 2.43. The van der Waals surface area contributed by atoms with Gasteiger partial charge in [0.25, 0.3) is 5.69 Å². The third-order valence-corrected chi connectivity index (χ3v) is 3.47. The molecule has 0 bridgehead atoms. The Hall–Kier alpha value is -2.62. The van der Waals surface area contributed by atoms with Crippen molar-refractivity contribution < 1.29 is 14.8 Å². The largest absolute Gasteiger partial charge is 0.481 e. The number of nitriles is 1. The summed E-state index contributed by atoms with van der Waals surface area (Å²) in [6.07, 6.45) is 1.68. The zero-order chi connectivity index (χ0) is 14.7. The minimum absolute atomic E-state index is 0.0947. The van der Waals surface area contributed by atoms with E-state index in [1.165, 1.54) is 18.2 Å². The first kappa shape index (κ1) is 13.8. The van der Waals surface area contributed by atoms with Gasteiger partial charge in [-0.2, -0.15) is 5.26 Å². The van der Waals surface area contributed by atoms with Gasteiger partial charge < -0.3 is 10.4 Å². The average molecular weight is 275 g/mol. The van der Waals surface area contributed by atoms with Crippen molar-refractivity contribution in [2.45, 2.75) is 25.3 Å². The molecule has 1 aromatic rings. The summed E-state index contributed by atoms with van der Waals surface area (Å²) in [4.78, 5) is 21.3. The molecule has 0 unspecified atom stereocenters. The molecule has 0 aliphatic heterocycles. The number of aliphatic carboxylic acids is 1. The standard InChI is InChI=1S/C13H13N3O4/c14-7-8-1-4-11(12(5-8)16(19)20)15-10-3-2-9(6-10)13(17)18/h1,4-5,9-10,15H,2-3,6H2,(H,17,18)/t9-,10+/m1/s1. The Morgan fingerprint density at radius 2 is 2.25 bits per heavy atom. The van der Waals surface area contributed by atoms with Crippen molar-refractivity contribution >= 4 is 17.3 Å². The van der Waals surface area contributed by atoms with Crippen LogP contribution < -0.4 is 5.32 Å². The Morgan fingerprint density at radius 1 is 1.50 bits per heavy atom. The molecule has 7 heteroatoms. The maximum absolute atomic E-state index is 11.0. The van der Waals surface area contributed by atoms with Crippen molar-refractivity contribution in [3.05, 3.63) is 33.9 Å². The molecule has 7 nitrogen and oxygen atoms in total. The predicted octanol–water partition coefficient (Wildman–Crippen LogP) is 2.13. The maximum atomic E-state index is 11.0. The molecule has 104 valence electrons. The molecule has 0 saturated heterocycles. The number of carbonyl (C=O) groups is 1. The van der Waals surface area contributed by atoms with Crippen molar-refractivity contribution in [2.24, 2.45) is 5.92 Å². The fourth-order valence-corrected chi connectivity index (χ4v) is 2.43. The molecule has 1 aliphatic carbocycles. The number of nitrogens with zero attached hydrogens (tertiary/aromatic N) is 2. The lowest BCUT2D eigenvalue weighted by Crippen LogP contribution is -2.18. The van der Waals surface area contributed by atoms with Crippen LogP contribution in [0, 0.1) is 27.4 Å². The summed E-state index contributed by atoms with van der Waals surface area (Å²) >= 11 is 0. The number of rotatable bonds is 4. The van der Waals surface area contributed by atoms with Gasteiger partial charge in [0, 0.05) is 12.1 Å². The Morgan fingerprint density at radius 3 is 2.80 bits per heavy atom. The topological polar surface area (TPSA) is 116 Å². The number of carboxylic acid groups (broad SMARTS) is 1. The molecule has 1 saturated carbocycles. The minimum atomic E-state index is -0.830. The molecule has 2 rings (SSSR count). The van der Waals surface area contributed by atoms with Crippen LogP contribution in [0.4, 0.5) is 11.4 Å². The van der Waals surface area contributed by atoms with E-state index in [9.17, 15) is 14.9 Å². The smallest absolute Gasteiger partial charge is 0.306 e. The van der Waals surface area contributed by atoms with E-state index in [4.69, 9.17) is 10.4 Å². The second-order valence-electron chi connectivity index (χ2n) is 4.79. The highest BCUT2D eigenvalue weighted by Crippen LogP contribution is 2.32. The molecule has 0 spiro atoms. The van der Waals surface area contributed by atoms with Gasteiger partial charge in [0.15, 0.2) is 0 Å². The van der Waals surface area contributed by atoms with Crippen molar-refractivity contribution in [1.82, 2.24) is 0 Å². The van der Waals surface area contributed by atoms with Crippen LogP contribution in [0.5, 0.6) is 0 Å². The van der Waals surface area contributed by atoms with E-state index in [0.717, 1.165) is 0 Å². The number of nitro groups is 1. The van der Waals surface area contributed by atoms with Gasteiger partial charge in [-0.3, -0.25) is 14.9 Å². The number of carboxylic acids is 1. The van der Waals surface area contributed by atoms with Crippen LogP contribution >= 0.6 is 0 Å².